The largest absolute Gasteiger partial charge is 0.388 e. The lowest BCUT2D eigenvalue weighted by molar-refractivity contribution is -0.126. The summed E-state index contributed by atoms with van der Waals surface area (Å²) >= 11 is 0. The van der Waals surface area contributed by atoms with E-state index in [1.807, 2.05) is 18.2 Å². The molecule has 0 aromatic heterocycles. The van der Waals surface area contributed by atoms with Crippen molar-refractivity contribution in [2.75, 3.05) is 26.2 Å². The maximum absolute atomic E-state index is 12.4. The van der Waals surface area contributed by atoms with Gasteiger partial charge in [-0.15, -0.1) is 0 Å². The molecule has 1 aromatic rings. The molecule has 2 aliphatic rings. The second kappa shape index (κ2) is 7.85. The molecule has 0 spiro atoms. The number of hydrogen-bond acceptors (Lipinski definition) is 4. The number of aliphatic hydroxyl groups is 1. The number of benzene rings is 1. The highest BCUT2D eigenvalue weighted by Gasteiger charge is 2.33. The summed E-state index contributed by atoms with van der Waals surface area (Å²) in [6.45, 7) is 7.09. The van der Waals surface area contributed by atoms with Crippen LogP contribution in [0, 0.1) is 0 Å². The molecular weight excluding hydrogens is 316 g/mol. The third-order valence-electron chi connectivity index (χ3n) is 5.54. The Bertz CT molecular complexity index is 594. The molecule has 0 radical (unpaired) electrons. The molecule has 2 aliphatic heterocycles. The molecule has 2 N–H and O–H groups in total. The fourth-order valence-electron chi connectivity index (χ4n) is 3.78. The number of nitrogens with one attached hydrogen (secondary N) is 1. The van der Waals surface area contributed by atoms with Crippen LogP contribution in [0.25, 0.3) is 0 Å². The number of fused-ring (bicyclic) bond motifs is 1. The topological polar surface area (TPSA) is 61.8 Å². The van der Waals surface area contributed by atoms with Gasteiger partial charge in [0.25, 0.3) is 0 Å². The van der Waals surface area contributed by atoms with Crippen LogP contribution >= 0.6 is 0 Å². The summed E-state index contributed by atoms with van der Waals surface area (Å²) in [5.41, 5.74) is 1.60. The predicted molar refractivity (Wildman–Crippen MR) is 97.4 cm³/mol. The monoisotopic (exact) mass is 346 g/mol. The minimum absolute atomic E-state index is 0.0542. The van der Waals surface area contributed by atoms with Gasteiger partial charge in [0.15, 0.2) is 0 Å². The molecule has 0 saturated carbocycles. The summed E-state index contributed by atoms with van der Waals surface area (Å²) in [5, 5.41) is 13.6. The van der Waals surface area contributed by atoms with Gasteiger partial charge in [-0.3, -0.25) is 4.79 Å². The maximum Gasteiger partial charge on any atom is 0.223 e. The van der Waals surface area contributed by atoms with Crippen molar-refractivity contribution >= 4 is 5.91 Å². The molecule has 5 heteroatoms. The average Bonchev–Trinajstić information content (AvgIpc) is 2.61. The van der Waals surface area contributed by atoms with E-state index in [4.69, 9.17) is 4.74 Å². The Labute approximate surface area is 150 Å². The van der Waals surface area contributed by atoms with Crippen LogP contribution in [0.1, 0.15) is 50.3 Å². The lowest BCUT2D eigenvalue weighted by atomic mass is 9.90. The smallest absolute Gasteiger partial charge is 0.223 e. The molecule has 1 atom stereocenters. The molecule has 0 unspecified atom stereocenters. The third-order valence-corrected chi connectivity index (χ3v) is 5.54. The highest BCUT2D eigenvalue weighted by Crippen LogP contribution is 2.29. The first kappa shape index (κ1) is 18.4. The molecule has 3 rings (SSSR count). The van der Waals surface area contributed by atoms with E-state index >= 15 is 0 Å². The van der Waals surface area contributed by atoms with Gasteiger partial charge in [-0.05, 0) is 44.2 Å². The van der Waals surface area contributed by atoms with Crippen molar-refractivity contribution in [2.24, 2.45) is 0 Å². The van der Waals surface area contributed by atoms with Crippen LogP contribution in [0.5, 0.6) is 0 Å². The maximum atomic E-state index is 12.4. The van der Waals surface area contributed by atoms with Gasteiger partial charge in [0, 0.05) is 25.7 Å². The van der Waals surface area contributed by atoms with Gasteiger partial charge in [-0.1, -0.05) is 24.3 Å². The van der Waals surface area contributed by atoms with Gasteiger partial charge in [-0.25, -0.2) is 0 Å². The number of carbonyl (C=O) groups is 1. The first-order valence-corrected chi connectivity index (χ1v) is 9.39. The lowest BCUT2D eigenvalue weighted by Gasteiger charge is -2.40. The molecule has 5 nitrogen and oxygen atoms in total. The third kappa shape index (κ3) is 4.60. The van der Waals surface area contributed by atoms with E-state index in [1.54, 1.807) is 0 Å². The first-order chi connectivity index (χ1) is 12.0. The van der Waals surface area contributed by atoms with Crippen LogP contribution in [0.2, 0.25) is 0 Å². The highest BCUT2D eigenvalue weighted by molar-refractivity contribution is 5.76. The van der Waals surface area contributed by atoms with Crippen molar-refractivity contribution in [2.45, 2.75) is 57.3 Å². The van der Waals surface area contributed by atoms with E-state index in [0.29, 0.717) is 38.5 Å². The Hall–Kier alpha value is -1.43. The second-order valence-corrected chi connectivity index (χ2v) is 7.64. The zero-order valence-corrected chi connectivity index (χ0v) is 15.3. The number of amides is 1. The quantitative estimate of drug-likeness (QED) is 0.856. The van der Waals surface area contributed by atoms with Gasteiger partial charge in [0.1, 0.15) is 0 Å². The SMILES string of the molecule is CC(C)N1CCC(O)(CNC(=O)C[C@@H]2OCCc3ccccc32)CC1. The number of hydrogen-bond donors (Lipinski definition) is 2. The van der Waals surface area contributed by atoms with Crippen molar-refractivity contribution in [1.82, 2.24) is 10.2 Å². The van der Waals surface area contributed by atoms with E-state index in [0.717, 1.165) is 25.1 Å². The van der Waals surface area contributed by atoms with Gasteiger partial charge >= 0.3 is 0 Å². The molecule has 0 aliphatic carbocycles. The normalized spacial score (nSPS) is 23.3. The van der Waals surface area contributed by atoms with Crippen LogP contribution in [0.4, 0.5) is 0 Å². The van der Waals surface area contributed by atoms with Crippen molar-refractivity contribution < 1.29 is 14.6 Å². The molecule has 1 aromatic carbocycles. The fourth-order valence-corrected chi connectivity index (χ4v) is 3.78. The Morgan fingerprint density at radius 3 is 2.80 bits per heavy atom. The second-order valence-electron chi connectivity index (χ2n) is 7.64. The van der Waals surface area contributed by atoms with E-state index in [1.165, 1.54) is 5.56 Å². The van der Waals surface area contributed by atoms with Crippen LogP contribution in [-0.4, -0.2) is 53.8 Å². The Morgan fingerprint density at radius 1 is 1.36 bits per heavy atom. The highest BCUT2D eigenvalue weighted by atomic mass is 16.5. The zero-order valence-electron chi connectivity index (χ0n) is 15.3. The van der Waals surface area contributed by atoms with Gasteiger partial charge in [0.05, 0.1) is 24.7 Å². The number of piperidine rings is 1. The summed E-state index contributed by atoms with van der Waals surface area (Å²) in [6.07, 6.45) is 2.44. The number of nitrogens with zero attached hydrogens (tertiary/aromatic N) is 1. The van der Waals surface area contributed by atoms with Gasteiger partial charge in [0.2, 0.25) is 5.91 Å². The van der Waals surface area contributed by atoms with E-state index in [-0.39, 0.29) is 12.0 Å². The van der Waals surface area contributed by atoms with Crippen LogP contribution in [0.3, 0.4) is 0 Å². The number of likely N-dealkylation sites (tertiary alicyclic amines) is 1. The molecule has 1 saturated heterocycles. The van der Waals surface area contributed by atoms with Crippen molar-refractivity contribution in [3.8, 4) is 0 Å². The van der Waals surface area contributed by atoms with E-state index in [2.05, 4.69) is 30.1 Å². The van der Waals surface area contributed by atoms with Crippen LogP contribution < -0.4 is 5.32 Å². The first-order valence-electron chi connectivity index (χ1n) is 9.39. The minimum atomic E-state index is -0.785. The molecule has 1 amide bonds. The van der Waals surface area contributed by atoms with E-state index < -0.39 is 5.60 Å². The standard InChI is InChI=1S/C20H30N2O3/c1-15(2)22-10-8-20(24,9-11-22)14-21-19(23)13-18-17-6-4-3-5-16(17)7-12-25-18/h3-6,15,18,24H,7-14H2,1-2H3,(H,21,23)/t18-/m0/s1. The lowest BCUT2D eigenvalue weighted by Crippen LogP contribution is -2.52. The Morgan fingerprint density at radius 2 is 2.08 bits per heavy atom. The summed E-state index contributed by atoms with van der Waals surface area (Å²) < 4.78 is 5.80. The van der Waals surface area contributed by atoms with Gasteiger partial charge in [-0.2, -0.15) is 0 Å². The predicted octanol–water partition coefficient (Wildman–Crippen LogP) is 2.04. The molecule has 2 heterocycles. The molecule has 138 valence electrons. The number of carbonyl (C=O) groups excluding carboxylic acids is 1. The number of rotatable bonds is 5. The Balaban J connectivity index is 1.49. The minimum Gasteiger partial charge on any atom is -0.388 e. The van der Waals surface area contributed by atoms with Crippen LogP contribution in [-0.2, 0) is 16.0 Å². The van der Waals surface area contributed by atoms with Crippen molar-refractivity contribution in [3.05, 3.63) is 35.4 Å². The van der Waals surface area contributed by atoms with Crippen LogP contribution in [0.15, 0.2) is 24.3 Å². The van der Waals surface area contributed by atoms with Crippen molar-refractivity contribution in [3.63, 3.8) is 0 Å². The Kier molecular flexibility index (Phi) is 5.77. The summed E-state index contributed by atoms with van der Waals surface area (Å²) in [5.74, 6) is -0.0542. The van der Waals surface area contributed by atoms with E-state index in [9.17, 15) is 9.90 Å². The molecular formula is C20H30N2O3. The summed E-state index contributed by atoms with van der Waals surface area (Å²) in [6, 6.07) is 8.67. The van der Waals surface area contributed by atoms with Gasteiger partial charge < -0.3 is 20.1 Å². The number of ether oxygens (including phenoxy) is 1. The summed E-state index contributed by atoms with van der Waals surface area (Å²) in [7, 11) is 0. The van der Waals surface area contributed by atoms with Crippen molar-refractivity contribution in [1.29, 1.82) is 0 Å². The molecule has 25 heavy (non-hydrogen) atoms. The zero-order chi connectivity index (χ0) is 17.9. The molecule has 0 bridgehead atoms. The molecule has 1 fully saturated rings. The summed E-state index contributed by atoms with van der Waals surface area (Å²) in [4.78, 5) is 14.7. The fraction of sp³-hybridized carbons (Fsp3) is 0.650. The average molecular weight is 346 g/mol.